The average molecular weight is 265 g/mol. The molecule has 0 radical (unpaired) electrons. The van der Waals surface area contributed by atoms with Gasteiger partial charge in [0.2, 0.25) is 5.91 Å². The molecule has 1 amide bonds. The number of carboxylic acids is 1. The van der Waals surface area contributed by atoms with Crippen LogP contribution in [0.2, 0.25) is 0 Å². The summed E-state index contributed by atoms with van der Waals surface area (Å²) in [6, 6.07) is 0.771. The molecule has 102 valence electrons. The molecular formula is C12H15N3O4. The van der Waals surface area contributed by atoms with E-state index in [0.29, 0.717) is 13.0 Å². The van der Waals surface area contributed by atoms with E-state index in [4.69, 9.17) is 5.11 Å². The van der Waals surface area contributed by atoms with Crippen LogP contribution in [0.15, 0.2) is 23.3 Å². The zero-order valence-electron chi connectivity index (χ0n) is 10.4. The van der Waals surface area contributed by atoms with Gasteiger partial charge >= 0.3 is 11.7 Å². The normalized spacial score (nSPS) is 19.2. The summed E-state index contributed by atoms with van der Waals surface area (Å²) in [7, 11) is 0. The molecule has 1 aliphatic heterocycles. The van der Waals surface area contributed by atoms with Crippen LogP contribution in [0.3, 0.4) is 0 Å². The number of piperidine rings is 1. The lowest BCUT2D eigenvalue weighted by atomic mass is 10.0. The van der Waals surface area contributed by atoms with Crippen LogP contribution < -0.4 is 5.69 Å². The van der Waals surface area contributed by atoms with E-state index in [2.05, 4.69) is 4.98 Å². The Balaban J connectivity index is 2.12. The van der Waals surface area contributed by atoms with Crippen LogP contribution in [0.1, 0.15) is 19.3 Å². The van der Waals surface area contributed by atoms with Gasteiger partial charge in [-0.25, -0.2) is 14.6 Å². The Hall–Kier alpha value is -2.18. The highest BCUT2D eigenvalue weighted by molar-refractivity contribution is 5.83. The van der Waals surface area contributed by atoms with Gasteiger partial charge in [0, 0.05) is 18.9 Å². The van der Waals surface area contributed by atoms with E-state index in [9.17, 15) is 14.4 Å². The molecule has 1 atom stereocenters. The topological polar surface area (TPSA) is 92.5 Å². The van der Waals surface area contributed by atoms with E-state index >= 15 is 0 Å². The summed E-state index contributed by atoms with van der Waals surface area (Å²) in [5.41, 5.74) is -0.514. The number of aromatic nitrogens is 2. The van der Waals surface area contributed by atoms with Gasteiger partial charge in [0.05, 0.1) is 0 Å². The summed E-state index contributed by atoms with van der Waals surface area (Å²) < 4.78 is 1.18. The van der Waals surface area contributed by atoms with Gasteiger partial charge in [-0.05, 0) is 25.3 Å². The monoisotopic (exact) mass is 265 g/mol. The van der Waals surface area contributed by atoms with Crippen LogP contribution in [0, 0.1) is 0 Å². The van der Waals surface area contributed by atoms with Crippen molar-refractivity contribution in [1.29, 1.82) is 0 Å². The van der Waals surface area contributed by atoms with E-state index < -0.39 is 17.7 Å². The van der Waals surface area contributed by atoms with Crippen molar-refractivity contribution in [1.82, 2.24) is 14.5 Å². The molecule has 0 bridgehead atoms. The molecule has 7 nitrogen and oxygen atoms in total. The second kappa shape index (κ2) is 5.64. The lowest BCUT2D eigenvalue weighted by Gasteiger charge is -2.33. The van der Waals surface area contributed by atoms with Crippen LogP contribution in [-0.4, -0.2) is 44.0 Å². The maximum atomic E-state index is 12.1. The maximum absolute atomic E-state index is 12.1. The zero-order valence-corrected chi connectivity index (χ0v) is 10.4. The highest BCUT2D eigenvalue weighted by atomic mass is 16.4. The Morgan fingerprint density at radius 2 is 2.21 bits per heavy atom. The number of nitrogens with zero attached hydrogens (tertiary/aromatic N) is 3. The van der Waals surface area contributed by atoms with Crippen LogP contribution in [0.25, 0.3) is 0 Å². The minimum atomic E-state index is -0.994. The summed E-state index contributed by atoms with van der Waals surface area (Å²) >= 11 is 0. The average Bonchev–Trinajstić information content (AvgIpc) is 2.41. The number of hydrogen-bond acceptors (Lipinski definition) is 4. The Morgan fingerprint density at radius 3 is 2.89 bits per heavy atom. The smallest absolute Gasteiger partial charge is 0.347 e. The van der Waals surface area contributed by atoms with Gasteiger partial charge in [-0.1, -0.05) is 0 Å². The third-order valence-electron chi connectivity index (χ3n) is 3.20. The minimum Gasteiger partial charge on any atom is -0.480 e. The second-order valence-corrected chi connectivity index (χ2v) is 4.47. The van der Waals surface area contributed by atoms with Crippen molar-refractivity contribution >= 4 is 11.9 Å². The highest BCUT2D eigenvalue weighted by Crippen LogP contribution is 2.17. The Kier molecular flexibility index (Phi) is 3.94. The minimum absolute atomic E-state index is 0.170. The Morgan fingerprint density at radius 1 is 1.42 bits per heavy atom. The number of aliphatic carboxylic acids is 1. The van der Waals surface area contributed by atoms with Crippen molar-refractivity contribution in [2.75, 3.05) is 6.54 Å². The highest BCUT2D eigenvalue weighted by Gasteiger charge is 2.31. The van der Waals surface area contributed by atoms with Crippen LogP contribution in [0.5, 0.6) is 0 Å². The van der Waals surface area contributed by atoms with Gasteiger partial charge in [0.15, 0.2) is 0 Å². The molecule has 1 N–H and O–H groups in total. The first-order chi connectivity index (χ1) is 9.09. The fraction of sp³-hybridized carbons (Fsp3) is 0.500. The van der Waals surface area contributed by atoms with Crippen molar-refractivity contribution in [2.24, 2.45) is 0 Å². The summed E-state index contributed by atoms with van der Waals surface area (Å²) in [5.74, 6) is -1.35. The molecular weight excluding hydrogens is 250 g/mol. The van der Waals surface area contributed by atoms with Gasteiger partial charge < -0.3 is 10.0 Å². The van der Waals surface area contributed by atoms with E-state index in [-0.39, 0.29) is 12.5 Å². The van der Waals surface area contributed by atoms with Crippen molar-refractivity contribution < 1.29 is 14.7 Å². The Labute approximate surface area is 109 Å². The molecule has 1 fully saturated rings. The van der Waals surface area contributed by atoms with E-state index in [0.717, 1.165) is 12.8 Å². The van der Waals surface area contributed by atoms with Crippen LogP contribution in [0.4, 0.5) is 0 Å². The number of carbonyl (C=O) groups excluding carboxylic acids is 1. The summed E-state index contributed by atoms with van der Waals surface area (Å²) in [6.07, 6.45) is 4.87. The molecule has 1 aromatic heterocycles. The molecule has 0 spiro atoms. The van der Waals surface area contributed by atoms with Gasteiger partial charge in [0.1, 0.15) is 12.6 Å². The number of carbonyl (C=O) groups is 2. The van der Waals surface area contributed by atoms with Gasteiger partial charge in [-0.3, -0.25) is 9.36 Å². The third kappa shape index (κ3) is 2.98. The number of likely N-dealkylation sites (tertiary alicyclic amines) is 1. The van der Waals surface area contributed by atoms with E-state index in [1.54, 1.807) is 6.07 Å². The number of hydrogen-bond donors (Lipinski definition) is 1. The van der Waals surface area contributed by atoms with Gasteiger partial charge in [0.25, 0.3) is 0 Å². The van der Waals surface area contributed by atoms with Crippen molar-refractivity contribution in [2.45, 2.75) is 31.8 Å². The SMILES string of the molecule is O=C(O)C1CCCCN1C(=O)Cn1cccnc1=O. The summed E-state index contributed by atoms with van der Waals surface area (Å²) in [5, 5.41) is 9.10. The number of carboxylic acid groups (broad SMARTS) is 1. The summed E-state index contributed by atoms with van der Waals surface area (Å²) in [6.45, 7) is 0.251. The molecule has 0 aliphatic carbocycles. The van der Waals surface area contributed by atoms with E-state index in [1.807, 2.05) is 0 Å². The molecule has 1 aliphatic rings. The molecule has 0 aromatic carbocycles. The third-order valence-corrected chi connectivity index (χ3v) is 3.20. The molecule has 1 unspecified atom stereocenters. The maximum Gasteiger partial charge on any atom is 0.347 e. The molecule has 19 heavy (non-hydrogen) atoms. The zero-order chi connectivity index (χ0) is 13.8. The van der Waals surface area contributed by atoms with Crippen molar-refractivity contribution in [3.63, 3.8) is 0 Å². The predicted molar refractivity (Wildman–Crippen MR) is 65.5 cm³/mol. The quantitative estimate of drug-likeness (QED) is 0.810. The van der Waals surface area contributed by atoms with Crippen LogP contribution >= 0.6 is 0 Å². The first kappa shape index (κ1) is 13.3. The second-order valence-electron chi connectivity index (χ2n) is 4.47. The lowest BCUT2D eigenvalue weighted by molar-refractivity contribution is -0.152. The fourth-order valence-electron chi connectivity index (χ4n) is 2.23. The predicted octanol–water partition coefficient (Wildman–Crippen LogP) is -0.291. The number of rotatable bonds is 3. The molecule has 1 aromatic rings. The fourth-order valence-corrected chi connectivity index (χ4v) is 2.23. The number of amides is 1. The Bertz CT molecular complexity index is 540. The van der Waals surface area contributed by atoms with Crippen molar-refractivity contribution in [3.05, 3.63) is 28.9 Å². The van der Waals surface area contributed by atoms with Gasteiger partial charge in [-0.2, -0.15) is 0 Å². The molecule has 2 rings (SSSR count). The summed E-state index contributed by atoms with van der Waals surface area (Å²) in [4.78, 5) is 39.5. The van der Waals surface area contributed by atoms with E-state index in [1.165, 1.54) is 21.9 Å². The van der Waals surface area contributed by atoms with Crippen LogP contribution in [-0.2, 0) is 16.1 Å². The molecule has 2 heterocycles. The lowest BCUT2D eigenvalue weighted by Crippen LogP contribution is -2.49. The first-order valence-electron chi connectivity index (χ1n) is 6.13. The molecule has 1 saturated heterocycles. The molecule has 0 saturated carbocycles. The largest absolute Gasteiger partial charge is 0.480 e. The van der Waals surface area contributed by atoms with Gasteiger partial charge in [-0.15, -0.1) is 0 Å². The standard InChI is InChI=1S/C12H15N3O4/c16-10(8-14-6-3-5-13-12(14)19)15-7-2-1-4-9(15)11(17)18/h3,5-6,9H,1-2,4,7-8H2,(H,17,18). The van der Waals surface area contributed by atoms with Crippen molar-refractivity contribution in [3.8, 4) is 0 Å². The molecule has 7 heteroatoms. The first-order valence-corrected chi connectivity index (χ1v) is 6.13.